The summed E-state index contributed by atoms with van der Waals surface area (Å²) in [6, 6.07) is -0.382. The van der Waals surface area contributed by atoms with Gasteiger partial charge in [-0.3, -0.25) is 14.5 Å². The third-order valence-corrected chi connectivity index (χ3v) is 5.54. The van der Waals surface area contributed by atoms with Crippen molar-refractivity contribution in [2.75, 3.05) is 26.2 Å². The van der Waals surface area contributed by atoms with Crippen LogP contribution in [0.3, 0.4) is 0 Å². The van der Waals surface area contributed by atoms with Gasteiger partial charge < -0.3 is 10.0 Å². The summed E-state index contributed by atoms with van der Waals surface area (Å²) in [4.78, 5) is 36.3. The first kappa shape index (κ1) is 17.8. The van der Waals surface area contributed by atoms with Gasteiger partial charge in [0.1, 0.15) is 11.9 Å². The predicted octanol–water partition coefficient (Wildman–Crippen LogP) is 1.58. The molecule has 2 fully saturated rings. The average Bonchev–Trinajstić information content (AvgIpc) is 2.94. The second-order valence-electron chi connectivity index (χ2n) is 7.34. The van der Waals surface area contributed by atoms with E-state index in [4.69, 9.17) is 0 Å². The second-order valence-corrected chi connectivity index (χ2v) is 7.34. The van der Waals surface area contributed by atoms with Crippen LogP contribution in [0.4, 0.5) is 0 Å². The first-order valence-corrected chi connectivity index (χ1v) is 8.99. The summed E-state index contributed by atoms with van der Waals surface area (Å²) < 4.78 is 0. The van der Waals surface area contributed by atoms with Crippen LogP contribution >= 0.6 is 0 Å². The van der Waals surface area contributed by atoms with E-state index in [9.17, 15) is 14.7 Å². The number of amides is 1. The van der Waals surface area contributed by atoms with Gasteiger partial charge in [0.2, 0.25) is 0 Å². The van der Waals surface area contributed by atoms with Crippen LogP contribution in [0, 0.1) is 12.3 Å². The highest BCUT2D eigenvalue weighted by Gasteiger charge is 2.48. The number of hydrogen-bond donors (Lipinski definition) is 1. The van der Waals surface area contributed by atoms with Crippen molar-refractivity contribution < 1.29 is 14.7 Å². The van der Waals surface area contributed by atoms with Crippen LogP contribution in [0.25, 0.3) is 0 Å². The zero-order valence-corrected chi connectivity index (χ0v) is 14.9. The number of piperidine rings is 1. The van der Waals surface area contributed by atoms with E-state index in [-0.39, 0.29) is 17.4 Å². The van der Waals surface area contributed by atoms with Gasteiger partial charge in [-0.25, -0.2) is 9.97 Å². The van der Waals surface area contributed by atoms with Crippen molar-refractivity contribution in [1.29, 1.82) is 0 Å². The third-order valence-electron chi connectivity index (χ3n) is 5.54. The molecule has 1 aromatic rings. The fourth-order valence-electron chi connectivity index (χ4n) is 4.14. The summed E-state index contributed by atoms with van der Waals surface area (Å²) in [6.45, 7) is 6.85. The molecule has 0 aliphatic carbocycles. The average molecular weight is 346 g/mol. The molecular formula is C18H26N4O3. The number of carbonyl (C=O) groups is 2. The van der Waals surface area contributed by atoms with Gasteiger partial charge in [0, 0.05) is 32.0 Å². The smallest absolute Gasteiger partial charge is 0.320 e. The van der Waals surface area contributed by atoms with E-state index >= 15 is 0 Å². The number of aryl methyl sites for hydroxylation is 1. The van der Waals surface area contributed by atoms with Gasteiger partial charge in [0.05, 0.1) is 5.56 Å². The molecule has 1 aromatic heterocycles. The number of nitrogens with zero attached hydrogens (tertiary/aromatic N) is 4. The van der Waals surface area contributed by atoms with Crippen LogP contribution in [-0.2, 0) is 4.79 Å². The molecule has 1 amide bonds. The van der Waals surface area contributed by atoms with E-state index < -0.39 is 5.97 Å². The number of rotatable bonds is 4. The number of carboxylic acids is 1. The van der Waals surface area contributed by atoms with Crippen molar-refractivity contribution in [2.45, 2.75) is 45.6 Å². The van der Waals surface area contributed by atoms with E-state index in [2.05, 4.69) is 21.8 Å². The van der Waals surface area contributed by atoms with E-state index in [1.807, 2.05) is 4.90 Å². The molecule has 0 radical (unpaired) electrons. The van der Waals surface area contributed by atoms with Gasteiger partial charge >= 0.3 is 5.97 Å². The molecule has 3 rings (SSSR count). The van der Waals surface area contributed by atoms with Crippen LogP contribution in [0.1, 0.15) is 48.8 Å². The predicted molar refractivity (Wildman–Crippen MR) is 92.2 cm³/mol. The standard InChI is InChI=1S/C18H26N4O3/c1-3-6-22-12-18(9-15(22)17(24)25)4-7-21(8-5-18)16(23)14-10-19-13(2)20-11-14/h10-11,15H,3-9,12H2,1-2H3,(H,24,25)/t15-/m0/s1. The molecule has 1 spiro atoms. The van der Waals surface area contributed by atoms with Crippen molar-refractivity contribution >= 4 is 11.9 Å². The Hall–Kier alpha value is -2.02. The van der Waals surface area contributed by atoms with Crippen molar-refractivity contribution in [1.82, 2.24) is 19.8 Å². The molecule has 3 heterocycles. The van der Waals surface area contributed by atoms with E-state index in [0.29, 0.717) is 30.9 Å². The Morgan fingerprint density at radius 1 is 1.28 bits per heavy atom. The fraction of sp³-hybridized carbons (Fsp3) is 0.667. The Labute approximate surface area is 148 Å². The summed E-state index contributed by atoms with van der Waals surface area (Å²) in [5, 5.41) is 9.52. The largest absolute Gasteiger partial charge is 0.480 e. The van der Waals surface area contributed by atoms with Gasteiger partial charge in [-0.2, -0.15) is 0 Å². The van der Waals surface area contributed by atoms with Crippen LogP contribution in [0.15, 0.2) is 12.4 Å². The molecule has 7 heteroatoms. The highest BCUT2D eigenvalue weighted by Crippen LogP contribution is 2.43. The Morgan fingerprint density at radius 3 is 2.48 bits per heavy atom. The number of hydrogen-bond acceptors (Lipinski definition) is 5. The lowest BCUT2D eigenvalue weighted by molar-refractivity contribution is -0.142. The van der Waals surface area contributed by atoms with Gasteiger partial charge in [-0.1, -0.05) is 6.92 Å². The summed E-state index contributed by atoms with van der Waals surface area (Å²) in [6.07, 6.45) is 6.52. The quantitative estimate of drug-likeness (QED) is 0.891. The first-order valence-electron chi connectivity index (χ1n) is 8.99. The molecule has 25 heavy (non-hydrogen) atoms. The Balaban J connectivity index is 1.64. The van der Waals surface area contributed by atoms with Crippen LogP contribution in [-0.4, -0.2) is 69.0 Å². The summed E-state index contributed by atoms with van der Waals surface area (Å²) in [5.41, 5.74) is 0.544. The SMILES string of the molecule is CCCN1CC2(CCN(C(=O)c3cnc(C)nc3)CC2)C[C@H]1C(=O)O. The molecule has 1 atom stereocenters. The number of carbonyl (C=O) groups excluding carboxylic acids is 1. The minimum absolute atomic E-state index is 0.0266. The van der Waals surface area contributed by atoms with Crippen molar-refractivity contribution in [3.63, 3.8) is 0 Å². The van der Waals surface area contributed by atoms with Gasteiger partial charge in [0.15, 0.2) is 0 Å². The minimum Gasteiger partial charge on any atom is -0.480 e. The molecule has 0 saturated carbocycles. The van der Waals surface area contributed by atoms with E-state index in [1.54, 1.807) is 19.3 Å². The maximum Gasteiger partial charge on any atom is 0.320 e. The molecule has 1 N–H and O–H groups in total. The Bertz CT molecular complexity index is 638. The summed E-state index contributed by atoms with van der Waals surface area (Å²) in [7, 11) is 0. The molecule has 7 nitrogen and oxygen atoms in total. The molecule has 2 aliphatic rings. The minimum atomic E-state index is -0.722. The first-order chi connectivity index (χ1) is 11.9. The number of aromatic nitrogens is 2. The maximum absolute atomic E-state index is 12.6. The number of likely N-dealkylation sites (tertiary alicyclic amines) is 2. The number of carboxylic acid groups (broad SMARTS) is 1. The monoisotopic (exact) mass is 346 g/mol. The molecule has 0 aromatic carbocycles. The number of aliphatic carboxylic acids is 1. The molecule has 2 aliphatic heterocycles. The van der Waals surface area contributed by atoms with Crippen molar-refractivity contribution in [3.05, 3.63) is 23.8 Å². The second kappa shape index (κ2) is 7.07. The normalized spacial score (nSPS) is 23.1. The third kappa shape index (κ3) is 3.66. The van der Waals surface area contributed by atoms with E-state index in [1.165, 1.54) is 0 Å². The zero-order chi connectivity index (χ0) is 18.0. The maximum atomic E-state index is 12.6. The van der Waals surface area contributed by atoms with Crippen molar-refractivity contribution in [3.8, 4) is 0 Å². The summed E-state index contributed by atoms with van der Waals surface area (Å²) >= 11 is 0. The van der Waals surface area contributed by atoms with Crippen LogP contribution in [0.5, 0.6) is 0 Å². The van der Waals surface area contributed by atoms with Gasteiger partial charge in [0.25, 0.3) is 5.91 Å². The molecule has 0 bridgehead atoms. The van der Waals surface area contributed by atoms with Crippen LogP contribution in [0.2, 0.25) is 0 Å². The van der Waals surface area contributed by atoms with Crippen molar-refractivity contribution in [2.24, 2.45) is 5.41 Å². The molecule has 2 saturated heterocycles. The van der Waals surface area contributed by atoms with E-state index in [0.717, 1.165) is 32.4 Å². The topological polar surface area (TPSA) is 86.6 Å². The highest BCUT2D eigenvalue weighted by atomic mass is 16.4. The van der Waals surface area contributed by atoms with Gasteiger partial charge in [-0.05, 0) is 44.6 Å². The lowest BCUT2D eigenvalue weighted by atomic mass is 9.76. The van der Waals surface area contributed by atoms with Crippen LogP contribution < -0.4 is 0 Å². The molecule has 0 unspecified atom stereocenters. The summed E-state index contributed by atoms with van der Waals surface area (Å²) in [5.74, 6) is -0.107. The zero-order valence-electron chi connectivity index (χ0n) is 14.9. The fourth-order valence-corrected chi connectivity index (χ4v) is 4.14. The Kier molecular flexibility index (Phi) is 5.03. The highest BCUT2D eigenvalue weighted by molar-refractivity contribution is 5.93. The Morgan fingerprint density at radius 2 is 1.92 bits per heavy atom. The molecular weight excluding hydrogens is 320 g/mol. The molecule has 136 valence electrons. The lowest BCUT2D eigenvalue weighted by Gasteiger charge is -2.39. The van der Waals surface area contributed by atoms with Gasteiger partial charge in [-0.15, -0.1) is 0 Å². The lowest BCUT2D eigenvalue weighted by Crippen LogP contribution is -2.44.